The van der Waals surface area contributed by atoms with Crippen molar-refractivity contribution >= 4 is 0 Å². The van der Waals surface area contributed by atoms with E-state index in [0.29, 0.717) is 0 Å². The van der Waals surface area contributed by atoms with E-state index in [1.54, 1.807) is 0 Å². The number of aromatic nitrogens is 1. The zero-order valence-electron chi connectivity index (χ0n) is 7.02. The van der Waals surface area contributed by atoms with Crippen molar-refractivity contribution in [2.45, 2.75) is 26.7 Å². The molecule has 10 heavy (non-hydrogen) atoms. The predicted octanol–water partition coefficient (Wildman–Crippen LogP) is 2.15. The Morgan fingerprint density at radius 3 is 1.70 bits per heavy atom. The van der Waals surface area contributed by atoms with Gasteiger partial charge in [0.25, 0.3) is 0 Å². The molecule has 0 aliphatic carbocycles. The molecule has 1 aromatic heterocycles. The highest BCUT2D eigenvalue weighted by Gasteiger charge is 1.98. The van der Waals surface area contributed by atoms with Crippen molar-refractivity contribution in [3.8, 4) is 0 Å². The van der Waals surface area contributed by atoms with E-state index >= 15 is 0 Å². The maximum absolute atomic E-state index is 2.28. The zero-order valence-corrected chi connectivity index (χ0v) is 7.02. The van der Waals surface area contributed by atoms with Crippen LogP contribution in [0.25, 0.3) is 0 Å². The number of rotatable bonds is 2. The normalized spacial score (nSPS) is 10.3. The summed E-state index contributed by atoms with van der Waals surface area (Å²) in [5.74, 6) is 0. The molecular formula is C9H15N. The minimum atomic E-state index is 1.14. The Bertz CT molecular complexity index is 189. The first-order valence-electron chi connectivity index (χ1n) is 3.93. The van der Waals surface area contributed by atoms with E-state index in [0.717, 1.165) is 12.8 Å². The van der Waals surface area contributed by atoms with Crippen molar-refractivity contribution in [1.82, 2.24) is 4.57 Å². The quantitative estimate of drug-likeness (QED) is 0.588. The van der Waals surface area contributed by atoms with Gasteiger partial charge in [0.1, 0.15) is 0 Å². The van der Waals surface area contributed by atoms with Gasteiger partial charge in [-0.1, -0.05) is 13.8 Å². The predicted molar refractivity (Wildman–Crippen MR) is 44.2 cm³/mol. The number of hydrogen-bond acceptors (Lipinski definition) is 0. The molecule has 1 heterocycles. The Hall–Kier alpha value is -0.720. The van der Waals surface area contributed by atoms with E-state index in [1.807, 2.05) is 0 Å². The van der Waals surface area contributed by atoms with E-state index in [-0.39, 0.29) is 0 Å². The Balaban J connectivity index is 2.97. The molecule has 0 unspecified atom stereocenters. The molecule has 1 rings (SSSR count). The van der Waals surface area contributed by atoms with Crippen LogP contribution in [0.1, 0.15) is 25.2 Å². The first kappa shape index (κ1) is 7.39. The fourth-order valence-corrected chi connectivity index (χ4v) is 1.31. The van der Waals surface area contributed by atoms with E-state index in [4.69, 9.17) is 0 Å². The van der Waals surface area contributed by atoms with Gasteiger partial charge in [0.15, 0.2) is 0 Å². The zero-order chi connectivity index (χ0) is 7.56. The molecule has 0 atom stereocenters. The summed E-state index contributed by atoms with van der Waals surface area (Å²) in [7, 11) is 2.14. The molecule has 0 aliphatic heterocycles. The Labute approximate surface area is 62.7 Å². The molecule has 0 fully saturated rings. The number of aryl methyl sites for hydroxylation is 2. The summed E-state index contributed by atoms with van der Waals surface area (Å²) in [4.78, 5) is 0. The summed E-state index contributed by atoms with van der Waals surface area (Å²) >= 11 is 0. The molecule has 0 bridgehead atoms. The molecule has 0 saturated heterocycles. The van der Waals surface area contributed by atoms with Crippen LogP contribution in [0.2, 0.25) is 0 Å². The topological polar surface area (TPSA) is 4.93 Å². The third kappa shape index (κ3) is 1.08. The summed E-state index contributed by atoms with van der Waals surface area (Å²) in [6, 6.07) is 4.41. The Kier molecular flexibility index (Phi) is 2.15. The lowest BCUT2D eigenvalue weighted by molar-refractivity contribution is 0.780. The lowest BCUT2D eigenvalue weighted by Crippen LogP contribution is -1.98. The second kappa shape index (κ2) is 2.91. The van der Waals surface area contributed by atoms with Gasteiger partial charge in [-0.05, 0) is 25.0 Å². The first-order chi connectivity index (χ1) is 4.79. The first-order valence-corrected chi connectivity index (χ1v) is 3.93. The summed E-state index contributed by atoms with van der Waals surface area (Å²) in [5.41, 5.74) is 2.86. The molecule has 0 N–H and O–H groups in total. The molecule has 0 aromatic carbocycles. The van der Waals surface area contributed by atoms with E-state index in [1.165, 1.54) is 11.4 Å². The maximum atomic E-state index is 2.28. The van der Waals surface area contributed by atoms with Crippen LogP contribution in [0.3, 0.4) is 0 Å². The number of nitrogens with zero attached hydrogens (tertiary/aromatic N) is 1. The second-order valence-electron chi connectivity index (χ2n) is 2.58. The number of hydrogen-bond donors (Lipinski definition) is 0. The fraction of sp³-hybridized carbons (Fsp3) is 0.556. The van der Waals surface area contributed by atoms with Gasteiger partial charge < -0.3 is 4.57 Å². The third-order valence-electron chi connectivity index (χ3n) is 2.05. The van der Waals surface area contributed by atoms with E-state index < -0.39 is 0 Å². The van der Waals surface area contributed by atoms with Crippen molar-refractivity contribution in [3.05, 3.63) is 23.5 Å². The summed E-state index contributed by atoms with van der Waals surface area (Å²) in [6.07, 6.45) is 2.27. The van der Waals surface area contributed by atoms with Gasteiger partial charge >= 0.3 is 0 Å². The smallest absolute Gasteiger partial charge is 0.0171 e. The maximum Gasteiger partial charge on any atom is 0.0171 e. The molecule has 1 heteroatoms. The van der Waals surface area contributed by atoms with Gasteiger partial charge in [-0.15, -0.1) is 0 Å². The van der Waals surface area contributed by atoms with Crippen LogP contribution >= 0.6 is 0 Å². The molecule has 0 radical (unpaired) electrons. The molecule has 0 spiro atoms. The van der Waals surface area contributed by atoms with Crippen molar-refractivity contribution in [3.63, 3.8) is 0 Å². The van der Waals surface area contributed by atoms with Crippen LogP contribution in [-0.2, 0) is 19.9 Å². The summed E-state index contributed by atoms with van der Waals surface area (Å²) < 4.78 is 2.28. The molecule has 0 saturated carbocycles. The highest BCUT2D eigenvalue weighted by atomic mass is 14.9. The Morgan fingerprint density at radius 2 is 1.50 bits per heavy atom. The molecule has 1 nitrogen and oxygen atoms in total. The minimum absolute atomic E-state index is 1.14. The lowest BCUT2D eigenvalue weighted by atomic mass is 10.3. The van der Waals surface area contributed by atoms with Gasteiger partial charge in [0.05, 0.1) is 0 Å². The van der Waals surface area contributed by atoms with Crippen molar-refractivity contribution in [1.29, 1.82) is 0 Å². The average Bonchev–Trinajstić information content (AvgIpc) is 2.30. The molecule has 1 aromatic rings. The summed E-state index contributed by atoms with van der Waals surface area (Å²) in [6.45, 7) is 4.38. The largest absolute Gasteiger partial charge is 0.352 e. The molecule has 0 aliphatic rings. The highest BCUT2D eigenvalue weighted by molar-refractivity contribution is 5.15. The van der Waals surface area contributed by atoms with Gasteiger partial charge in [0, 0.05) is 18.4 Å². The van der Waals surface area contributed by atoms with E-state index in [2.05, 4.69) is 37.6 Å². The van der Waals surface area contributed by atoms with Gasteiger partial charge in [-0.2, -0.15) is 0 Å². The van der Waals surface area contributed by atoms with Crippen LogP contribution < -0.4 is 0 Å². The van der Waals surface area contributed by atoms with Crippen LogP contribution in [0.5, 0.6) is 0 Å². The van der Waals surface area contributed by atoms with Gasteiger partial charge in [-0.25, -0.2) is 0 Å². The minimum Gasteiger partial charge on any atom is -0.352 e. The van der Waals surface area contributed by atoms with Crippen LogP contribution in [-0.4, -0.2) is 4.57 Å². The third-order valence-corrected chi connectivity index (χ3v) is 2.05. The van der Waals surface area contributed by atoms with Gasteiger partial charge in [-0.3, -0.25) is 0 Å². The van der Waals surface area contributed by atoms with E-state index in [9.17, 15) is 0 Å². The lowest BCUT2D eigenvalue weighted by Gasteiger charge is -2.02. The monoisotopic (exact) mass is 137 g/mol. The summed E-state index contributed by atoms with van der Waals surface area (Å²) in [5, 5.41) is 0. The fourth-order valence-electron chi connectivity index (χ4n) is 1.31. The van der Waals surface area contributed by atoms with Crippen molar-refractivity contribution in [2.75, 3.05) is 0 Å². The second-order valence-corrected chi connectivity index (χ2v) is 2.58. The molecular weight excluding hydrogens is 122 g/mol. The molecule has 0 amide bonds. The SMILES string of the molecule is CCc1ccc(CC)n1C. The van der Waals surface area contributed by atoms with Crippen LogP contribution in [0, 0.1) is 0 Å². The van der Waals surface area contributed by atoms with Crippen molar-refractivity contribution in [2.24, 2.45) is 7.05 Å². The molecule has 56 valence electrons. The van der Waals surface area contributed by atoms with Crippen LogP contribution in [0.15, 0.2) is 12.1 Å². The average molecular weight is 137 g/mol. The van der Waals surface area contributed by atoms with Crippen molar-refractivity contribution < 1.29 is 0 Å². The standard InChI is InChI=1S/C9H15N/c1-4-8-6-7-9(5-2)10(8)3/h6-7H,4-5H2,1-3H3. The Morgan fingerprint density at radius 1 is 1.10 bits per heavy atom. The van der Waals surface area contributed by atoms with Crippen LogP contribution in [0.4, 0.5) is 0 Å². The highest BCUT2D eigenvalue weighted by Crippen LogP contribution is 2.07. The van der Waals surface area contributed by atoms with Gasteiger partial charge in [0.2, 0.25) is 0 Å².